The summed E-state index contributed by atoms with van der Waals surface area (Å²) in [6.45, 7) is 7.34. The third-order valence-corrected chi connectivity index (χ3v) is 2.33. The van der Waals surface area contributed by atoms with Crippen molar-refractivity contribution in [2.45, 2.75) is 13.8 Å². The molecule has 0 aromatic heterocycles. The molecule has 5 N–H and O–H groups in total. The van der Waals surface area contributed by atoms with Gasteiger partial charge >= 0.3 is 0 Å². The molecule has 0 aliphatic heterocycles. The normalized spacial score (nSPS) is 13.5. The molecule has 5 nitrogen and oxygen atoms in total. The molecule has 0 aliphatic rings. The van der Waals surface area contributed by atoms with Gasteiger partial charge in [0.15, 0.2) is 5.84 Å². The van der Waals surface area contributed by atoms with Crippen LogP contribution < -0.4 is 11.5 Å². The third-order valence-electron chi connectivity index (χ3n) is 2.33. The summed E-state index contributed by atoms with van der Waals surface area (Å²) in [6, 6.07) is 7.70. The predicted molar refractivity (Wildman–Crippen MR) is 79.0 cm³/mol. The van der Waals surface area contributed by atoms with Gasteiger partial charge in [-0.3, -0.25) is 4.99 Å². The van der Waals surface area contributed by atoms with Crippen molar-refractivity contribution in [3.8, 4) is 0 Å². The number of oxime groups is 1. The third kappa shape index (κ3) is 4.31. The molecule has 0 spiro atoms. The first-order chi connectivity index (χ1) is 8.93. The van der Waals surface area contributed by atoms with E-state index in [0.29, 0.717) is 11.4 Å². The van der Waals surface area contributed by atoms with Crippen LogP contribution in [0.15, 0.2) is 52.8 Å². The van der Waals surface area contributed by atoms with Crippen molar-refractivity contribution in [1.82, 2.24) is 0 Å². The van der Waals surface area contributed by atoms with Crippen LogP contribution in [0.4, 0.5) is 0 Å². The standard InChI is InChI=1S/C14H18N4O/c1-9(2)17-13(14(16)18-19)8-12(15)11-6-4-5-10(3)7-11/h4-8,19H,1,15H2,2-3H3,(H2,16,18)/b12-8-,17-13+. The fourth-order valence-corrected chi connectivity index (χ4v) is 1.48. The zero-order valence-corrected chi connectivity index (χ0v) is 11.1. The van der Waals surface area contributed by atoms with Crippen LogP contribution in [0.5, 0.6) is 0 Å². The van der Waals surface area contributed by atoms with Crippen LogP contribution in [-0.2, 0) is 0 Å². The van der Waals surface area contributed by atoms with E-state index in [2.05, 4.69) is 16.7 Å². The Labute approximate surface area is 112 Å². The molecule has 0 radical (unpaired) electrons. The number of benzene rings is 1. The maximum atomic E-state index is 8.73. The first-order valence-electron chi connectivity index (χ1n) is 5.70. The molecule has 5 heteroatoms. The number of hydrogen-bond donors (Lipinski definition) is 3. The highest BCUT2D eigenvalue weighted by molar-refractivity contribution is 6.46. The minimum Gasteiger partial charge on any atom is -0.409 e. The molecule has 0 bridgehead atoms. The number of amidine groups is 1. The molecular formula is C14H18N4O. The quantitative estimate of drug-likeness (QED) is 0.333. The van der Waals surface area contributed by atoms with Crippen LogP contribution in [-0.4, -0.2) is 16.8 Å². The Hall–Kier alpha value is -2.56. The smallest absolute Gasteiger partial charge is 0.188 e. The molecule has 0 atom stereocenters. The van der Waals surface area contributed by atoms with Crippen molar-refractivity contribution < 1.29 is 5.21 Å². The maximum Gasteiger partial charge on any atom is 0.188 e. The van der Waals surface area contributed by atoms with E-state index in [1.54, 1.807) is 13.0 Å². The lowest BCUT2D eigenvalue weighted by Crippen LogP contribution is -2.23. The van der Waals surface area contributed by atoms with Gasteiger partial charge < -0.3 is 16.7 Å². The summed E-state index contributed by atoms with van der Waals surface area (Å²) in [4.78, 5) is 4.09. The van der Waals surface area contributed by atoms with E-state index >= 15 is 0 Å². The summed E-state index contributed by atoms with van der Waals surface area (Å²) < 4.78 is 0. The van der Waals surface area contributed by atoms with E-state index in [0.717, 1.165) is 11.1 Å². The van der Waals surface area contributed by atoms with E-state index in [9.17, 15) is 0 Å². The van der Waals surface area contributed by atoms with Crippen LogP contribution in [0.2, 0.25) is 0 Å². The van der Waals surface area contributed by atoms with Crippen LogP contribution >= 0.6 is 0 Å². The Balaban J connectivity index is 3.20. The second-order valence-electron chi connectivity index (χ2n) is 4.19. The Morgan fingerprint density at radius 1 is 1.37 bits per heavy atom. The number of allylic oxidation sites excluding steroid dienone is 1. The lowest BCUT2D eigenvalue weighted by atomic mass is 10.1. The number of aryl methyl sites for hydroxylation is 1. The second kappa shape index (κ2) is 6.39. The molecular weight excluding hydrogens is 240 g/mol. The number of hydrogen-bond acceptors (Lipinski definition) is 4. The first-order valence-corrected chi connectivity index (χ1v) is 5.70. The minimum absolute atomic E-state index is 0.112. The Morgan fingerprint density at radius 2 is 2.05 bits per heavy atom. The molecule has 0 unspecified atom stereocenters. The molecule has 100 valence electrons. The van der Waals surface area contributed by atoms with E-state index in [4.69, 9.17) is 16.7 Å². The Morgan fingerprint density at radius 3 is 2.58 bits per heavy atom. The monoisotopic (exact) mass is 258 g/mol. The summed E-state index contributed by atoms with van der Waals surface area (Å²) >= 11 is 0. The largest absolute Gasteiger partial charge is 0.409 e. The number of nitrogens with two attached hydrogens (primary N) is 2. The van der Waals surface area contributed by atoms with Crippen molar-refractivity contribution in [3.05, 3.63) is 53.7 Å². The van der Waals surface area contributed by atoms with E-state index < -0.39 is 0 Å². The summed E-state index contributed by atoms with van der Waals surface area (Å²) in [5.74, 6) is -0.112. The van der Waals surface area contributed by atoms with Gasteiger partial charge in [-0.15, -0.1) is 0 Å². The molecule has 1 aromatic rings. The molecule has 0 fully saturated rings. The molecule has 0 aliphatic carbocycles. The van der Waals surface area contributed by atoms with E-state index in [-0.39, 0.29) is 11.5 Å². The van der Waals surface area contributed by atoms with E-state index in [1.165, 1.54) is 0 Å². The van der Waals surface area contributed by atoms with Crippen LogP contribution in [0.1, 0.15) is 18.1 Å². The number of rotatable bonds is 4. The number of nitrogens with zero attached hydrogens (tertiary/aromatic N) is 2. The molecule has 19 heavy (non-hydrogen) atoms. The van der Waals surface area contributed by atoms with Gasteiger partial charge in [0.05, 0.1) is 0 Å². The summed E-state index contributed by atoms with van der Waals surface area (Å²) in [7, 11) is 0. The van der Waals surface area contributed by atoms with Gasteiger partial charge in [-0.1, -0.05) is 35.5 Å². The SMILES string of the molecule is C=C(C)/N=C(\C=C(/N)c1cccc(C)c1)C(/N)=N/O. The highest BCUT2D eigenvalue weighted by atomic mass is 16.4. The van der Waals surface area contributed by atoms with Gasteiger partial charge in [-0.05, 0) is 31.6 Å². The topological polar surface area (TPSA) is 97.0 Å². The summed E-state index contributed by atoms with van der Waals surface area (Å²) in [6.07, 6.45) is 1.55. The minimum atomic E-state index is -0.112. The van der Waals surface area contributed by atoms with Gasteiger partial charge in [0.1, 0.15) is 5.71 Å². The Kier molecular flexibility index (Phi) is 4.88. The lowest BCUT2D eigenvalue weighted by Gasteiger charge is -2.05. The van der Waals surface area contributed by atoms with Gasteiger partial charge in [0.2, 0.25) is 0 Å². The molecule has 0 amide bonds. The van der Waals surface area contributed by atoms with Crippen molar-refractivity contribution in [2.24, 2.45) is 21.6 Å². The van der Waals surface area contributed by atoms with Gasteiger partial charge in [0, 0.05) is 11.4 Å². The average molecular weight is 258 g/mol. The van der Waals surface area contributed by atoms with Gasteiger partial charge in [-0.2, -0.15) is 0 Å². The van der Waals surface area contributed by atoms with Gasteiger partial charge in [0.25, 0.3) is 0 Å². The Bertz CT molecular complexity index is 571. The second-order valence-corrected chi connectivity index (χ2v) is 4.19. The molecule has 1 aromatic carbocycles. The highest BCUT2D eigenvalue weighted by Crippen LogP contribution is 2.11. The fraction of sp³-hybridized carbons (Fsp3) is 0.143. The molecule has 1 rings (SSSR count). The van der Waals surface area contributed by atoms with E-state index in [1.807, 2.05) is 31.2 Å². The average Bonchev–Trinajstić information content (AvgIpc) is 2.36. The molecule has 0 heterocycles. The van der Waals surface area contributed by atoms with Crippen molar-refractivity contribution in [2.75, 3.05) is 0 Å². The zero-order valence-electron chi connectivity index (χ0n) is 11.1. The maximum absolute atomic E-state index is 8.73. The molecule has 0 saturated heterocycles. The van der Waals surface area contributed by atoms with Crippen molar-refractivity contribution in [1.29, 1.82) is 0 Å². The van der Waals surface area contributed by atoms with Gasteiger partial charge in [-0.25, -0.2) is 0 Å². The van der Waals surface area contributed by atoms with Crippen molar-refractivity contribution in [3.63, 3.8) is 0 Å². The lowest BCUT2D eigenvalue weighted by molar-refractivity contribution is 0.319. The van der Waals surface area contributed by atoms with Crippen LogP contribution in [0.3, 0.4) is 0 Å². The summed E-state index contributed by atoms with van der Waals surface area (Å²) in [5, 5.41) is 11.7. The highest BCUT2D eigenvalue weighted by Gasteiger charge is 2.05. The first kappa shape index (κ1) is 14.5. The number of aliphatic imine (C=N–C) groups is 1. The predicted octanol–water partition coefficient (Wildman–Crippen LogP) is 2.02. The van der Waals surface area contributed by atoms with Crippen LogP contribution in [0.25, 0.3) is 5.70 Å². The molecule has 0 saturated carbocycles. The zero-order chi connectivity index (χ0) is 14.4. The fourth-order valence-electron chi connectivity index (χ4n) is 1.48. The van der Waals surface area contributed by atoms with Crippen LogP contribution in [0, 0.1) is 6.92 Å². The summed E-state index contributed by atoms with van der Waals surface area (Å²) in [5.41, 5.74) is 14.8. The van der Waals surface area contributed by atoms with Crippen molar-refractivity contribution >= 4 is 17.2 Å².